The molecular formula is C19H21N3O3S. The van der Waals surface area contributed by atoms with E-state index >= 15 is 0 Å². The fourth-order valence-corrected chi connectivity index (χ4v) is 3.54. The smallest absolute Gasteiger partial charge is 0.263 e. The highest BCUT2D eigenvalue weighted by Gasteiger charge is 2.19. The maximum atomic E-state index is 12.7. The first-order valence-corrected chi connectivity index (χ1v) is 9.97. The third-order valence-electron chi connectivity index (χ3n) is 3.81. The molecule has 0 bridgehead atoms. The Morgan fingerprint density at radius 1 is 1.04 bits per heavy atom. The molecule has 1 N–H and O–H groups in total. The van der Waals surface area contributed by atoms with Gasteiger partial charge in [-0.3, -0.25) is 4.72 Å². The van der Waals surface area contributed by atoms with E-state index in [-0.39, 0.29) is 16.6 Å². The molecule has 0 fully saturated rings. The summed E-state index contributed by atoms with van der Waals surface area (Å²) >= 11 is 0. The van der Waals surface area contributed by atoms with Crippen molar-refractivity contribution >= 4 is 26.9 Å². The van der Waals surface area contributed by atoms with Gasteiger partial charge in [0.1, 0.15) is 0 Å². The molecule has 26 heavy (non-hydrogen) atoms. The number of rotatable bonds is 7. The van der Waals surface area contributed by atoms with Gasteiger partial charge in [0, 0.05) is 0 Å². The van der Waals surface area contributed by atoms with Crippen molar-refractivity contribution in [2.24, 2.45) is 0 Å². The predicted molar refractivity (Wildman–Crippen MR) is 102 cm³/mol. The van der Waals surface area contributed by atoms with Crippen LogP contribution in [0.5, 0.6) is 5.88 Å². The van der Waals surface area contributed by atoms with Gasteiger partial charge in [0.15, 0.2) is 0 Å². The standard InChI is InChI=1S/C19H21N3O3S/c1-3-4-12-25-19-18(20-16-10-5-6-11-17(16)21-19)22-26(23,24)15-9-7-8-14(2)13-15/h5-11,13H,3-4,12H2,1-2H3,(H,20,22). The first-order chi connectivity index (χ1) is 12.5. The quantitative estimate of drug-likeness (QED) is 0.637. The van der Waals surface area contributed by atoms with Crippen molar-refractivity contribution < 1.29 is 13.2 Å². The molecule has 0 aliphatic heterocycles. The number of unbranched alkanes of at least 4 members (excludes halogenated alkanes) is 1. The number of sulfonamides is 1. The number of nitrogens with one attached hydrogen (secondary N) is 1. The van der Waals surface area contributed by atoms with E-state index in [2.05, 4.69) is 21.6 Å². The Kier molecular flexibility index (Phi) is 5.37. The first kappa shape index (κ1) is 18.1. The lowest BCUT2D eigenvalue weighted by Gasteiger charge is -2.13. The summed E-state index contributed by atoms with van der Waals surface area (Å²) in [5.41, 5.74) is 2.10. The molecule has 2 aromatic carbocycles. The Bertz CT molecular complexity index is 1020. The molecule has 0 amide bonds. The van der Waals surface area contributed by atoms with Crippen molar-refractivity contribution in [3.05, 3.63) is 54.1 Å². The van der Waals surface area contributed by atoms with Gasteiger partial charge in [-0.25, -0.2) is 18.4 Å². The minimum Gasteiger partial charge on any atom is -0.475 e. The predicted octanol–water partition coefficient (Wildman–Crippen LogP) is 3.92. The number of benzene rings is 2. The molecule has 0 saturated heterocycles. The topological polar surface area (TPSA) is 81.2 Å². The van der Waals surface area contributed by atoms with Gasteiger partial charge in [0.05, 0.1) is 22.5 Å². The van der Waals surface area contributed by atoms with Gasteiger partial charge < -0.3 is 4.74 Å². The van der Waals surface area contributed by atoms with Gasteiger partial charge in [-0.05, 0) is 43.2 Å². The van der Waals surface area contributed by atoms with E-state index in [0.29, 0.717) is 17.6 Å². The van der Waals surface area contributed by atoms with Crippen LogP contribution in [0.2, 0.25) is 0 Å². The Hall–Kier alpha value is -2.67. The Labute approximate surface area is 153 Å². The molecule has 0 unspecified atom stereocenters. The van der Waals surface area contributed by atoms with E-state index in [1.165, 1.54) is 0 Å². The normalized spacial score (nSPS) is 11.5. The number of anilines is 1. The highest BCUT2D eigenvalue weighted by molar-refractivity contribution is 7.92. The van der Waals surface area contributed by atoms with Crippen LogP contribution in [-0.4, -0.2) is 25.0 Å². The summed E-state index contributed by atoms with van der Waals surface area (Å²) in [6.45, 7) is 4.34. The maximum Gasteiger partial charge on any atom is 0.263 e. The number of nitrogens with zero attached hydrogens (tertiary/aromatic N) is 2. The van der Waals surface area contributed by atoms with Crippen LogP contribution in [0.4, 0.5) is 5.82 Å². The minimum absolute atomic E-state index is 0.0984. The number of ether oxygens (including phenoxy) is 1. The third-order valence-corrected chi connectivity index (χ3v) is 5.14. The summed E-state index contributed by atoms with van der Waals surface area (Å²) in [7, 11) is -3.79. The fourth-order valence-electron chi connectivity index (χ4n) is 2.43. The average Bonchev–Trinajstić information content (AvgIpc) is 2.62. The number of hydrogen-bond acceptors (Lipinski definition) is 5. The van der Waals surface area contributed by atoms with Crippen molar-refractivity contribution in [2.45, 2.75) is 31.6 Å². The van der Waals surface area contributed by atoms with Gasteiger partial charge in [0.25, 0.3) is 15.9 Å². The maximum absolute atomic E-state index is 12.7. The van der Waals surface area contributed by atoms with E-state index in [0.717, 1.165) is 18.4 Å². The van der Waals surface area contributed by atoms with Crippen molar-refractivity contribution in [3.8, 4) is 5.88 Å². The van der Waals surface area contributed by atoms with Crippen LogP contribution in [0.3, 0.4) is 0 Å². The van der Waals surface area contributed by atoms with Crippen LogP contribution in [0, 0.1) is 6.92 Å². The van der Waals surface area contributed by atoms with E-state index < -0.39 is 10.0 Å². The molecule has 0 spiro atoms. The van der Waals surface area contributed by atoms with Crippen LogP contribution in [0.1, 0.15) is 25.3 Å². The molecule has 0 radical (unpaired) electrons. The Morgan fingerprint density at radius 3 is 2.46 bits per heavy atom. The van der Waals surface area contributed by atoms with Crippen molar-refractivity contribution in [1.82, 2.24) is 9.97 Å². The summed E-state index contributed by atoms with van der Waals surface area (Å²) in [4.78, 5) is 9.01. The zero-order chi connectivity index (χ0) is 18.6. The molecule has 1 heterocycles. The largest absolute Gasteiger partial charge is 0.475 e. The number of aromatic nitrogens is 2. The van der Waals surface area contributed by atoms with E-state index in [1.54, 1.807) is 24.3 Å². The highest BCUT2D eigenvalue weighted by Crippen LogP contribution is 2.26. The second-order valence-corrected chi connectivity index (χ2v) is 7.67. The molecule has 0 aliphatic carbocycles. The molecule has 6 nitrogen and oxygen atoms in total. The van der Waals surface area contributed by atoms with Crippen LogP contribution in [0.25, 0.3) is 11.0 Å². The zero-order valence-electron chi connectivity index (χ0n) is 14.8. The number of hydrogen-bond donors (Lipinski definition) is 1. The lowest BCUT2D eigenvalue weighted by Crippen LogP contribution is -2.16. The molecule has 0 saturated carbocycles. The van der Waals surface area contributed by atoms with E-state index in [9.17, 15) is 8.42 Å². The van der Waals surface area contributed by atoms with Crippen LogP contribution < -0.4 is 9.46 Å². The van der Waals surface area contributed by atoms with E-state index in [1.807, 2.05) is 31.2 Å². The SMILES string of the molecule is CCCCOc1nc2ccccc2nc1NS(=O)(=O)c1cccc(C)c1. The molecule has 3 rings (SSSR count). The summed E-state index contributed by atoms with van der Waals surface area (Å²) in [6.07, 6.45) is 1.81. The second-order valence-electron chi connectivity index (χ2n) is 5.99. The Balaban J connectivity index is 2.00. The van der Waals surface area contributed by atoms with Gasteiger partial charge in [-0.2, -0.15) is 0 Å². The Morgan fingerprint density at radius 2 is 1.77 bits per heavy atom. The number of para-hydroxylation sites is 2. The minimum atomic E-state index is -3.79. The monoisotopic (exact) mass is 371 g/mol. The van der Waals surface area contributed by atoms with Gasteiger partial charge in [0.2, 0.25) is 5.82 Å². The van der Waals surface area contributed by atoms with Crippen LogP contribution in [0.15, 0.2) is 53.4 Å². The van der Waals surface area contributed by atoms with Gasteiger partial charge >= 0.3 is 0 Å². The summed E-state index contributed by atoms with van der Waals surface area (Å²) in [5, 5.41) is 0. The van der Waals surface area contributed by atoms with E-state index in [4.69, 9.17) is 4.74 Å². The fraction of sp³-hybridized carbons (Fsp3) is 0.263. The average molecular weight is 371 g/mol. The molecule has 7 heteroatoms. The number of fused-ring (bicyclic) bond motifs is 1. The van der Waals surface area contributed by atoms with Gasteiger partial charge in [-0.1, -0.05) is 37.6 Å². The van der Waals surface area contributed by atoms with Crippen LogP contribution >= 0.6 is 0 Å². The first-order valence-electron chi connectivity index (χ1n) is 8.48. The molecule has 1 aromatic heterocycles. The zero-order valence-corrected chi connectivity index (χ0v) is 15.6. The lowest BCUT2D eigenvalue weighted by atomic mass is 10.2. The molecule has 136 valence electrons. The van der Waals surface area contributed by atoms with Gasteiger partial charge in [-0.15, -0.1) is 0 Å². The third kappa shape index (κ3) is 4.11. The number of aryl methyl sites for hydroxylation is 1. The van der Waals surface area contributed by atoms with Crippen molar-refractivity contribution in [1.29, 1.82) is 0 Å². The summed E-state index contributed by atoms with van der Waals surface area (Å²) < 4.78 is 33.7. The lowest BCUT2D eigenvalue weighted by molar-refractivity contribution is 0.299. The molecule has 0 atom stereocenters. The summed E-state index contributed by atoms with van der Waals surface area (Å²) in [5.74, 6) is 0.287. The molecule has 3 aromatic rings. The highest BCUT2D eigenvalue weighted by atomic mass is 32.2. The summed E-state index contributed by atoms with van der Waals surface area (Å²) in [6, 6.07) is 14.0. The molecule has 0 aliphatic rings. The second kappa shape index (κ2) is 7.70. The molecular weight excluding hydrogens is 350 g/mol. The van der Waals surface area contributed by atoms with Crippen molar-refractivity contribution in [3.63, 3.8) is 0 Å². The van der Waals surface area contributed by atoms with Crippen LogP contribution in [-0.2, 0) is 10.0 Å². The van der Waals surface area contributed by atoms with Crippen molar-refractivity contribution in [2.75, 3.05) is 11.3 Å².